The number of nitrogens with two attached hydrogens (primary N) is 1. The van der Waals surface area contributed by atoms with Crippen LogP contribution < -0.4 is 11.3 Å². The van der Waals surface area contributed by atoms with Gasteiger partial charge in [-0.1, -0.05) is 44.2 Å². The van der Waals surface area contributed by atoms with Crippen molar-refractivity contribution in [3.8, 4) is 0 Å². The molecule has 0 spiro atoms. The van der Waals surface area contributed by atoms with Crippen molar-refractivity contribution in [3.05, 3.63) is 58.0 Å². The minimum absolute atomic E-state index is 0.137. The van der Waals surface area contributed by atoms with Crippen LogP contribution in [0.15, 0.2) is 41.2 Å². The van der Waals surface area contributed by atoms with E-state index in [2.05, 4.69) is 4.98 Å². The fraction of sp³-hybridized carbons (Fsp3) is 0.286. The highest BCUT2D eigenvalue weighted by Crippen LogP contribution is 2.29. The number of rotatable bonds is 2. The summed E-state index contributed by atoms with van der Waals surface area (Å²) in [5, 5.41) is 0. The fourth-order valence-corrected chi connectivity index (χ4v) is 1.88. The summed E-state index contributed by atoms with van der Waals surface area (Å²) in [5.41, 5.74) is 7.06. The highest BCUT2D eigenvalue weighted by Gasteiger charge is 2.25. The van der Waals surface area contributed by atoms with Gasteiger partial charge in [0, 0.05) is 18.5 Å². The molecule has 0 aliphatic rings. The molecule has 0 aliphatic carbocycles. The molecular weight excluding hydrogens is 226 g/mol. The Bertz CT molecular complexity index is 615. The van der Waals surface area contributed by atoms with Crippen molar-refractivity contribution in [2.75, 3.05) is 5.73 Å². The predicted molar refractivity (Wildman–Crippen MR) is 72.5 cm³/mol. The Morgan fingerprint density at radius 2 is 1.83 bits per heavy atom. The molecule has 0 radical (unpaired) electrons. The maximum atomic E-state index is 11.8. The van der Waals surface area contributed by atoms with Crippen molar-refractivity contribution in [2.24, 2.45) is 7.05 Å². The second-order valence-electron chi connectivity index (χ2n) is 4.89. The summed E-state index contributed by atoms with van der Waals surface area (Å²) < 4.78 is 1.34. The number of anilines is 1. The minimum atomic E-state index is -0.344. The second-order valence-corrected chi connectivity index (χ2v) is 4.89. The predicted octanol–water partition coefficient (Wildman–Crippen LogP) is 1.69. The van der Waals surface area contributed by atoms with Gasteiger partial charge in [0.25, 0.3) is 5.56 Å². The lowest BCUT2D eigenvalue weighted by Gasteiger charge is -2.25. The molecule has 1 heterocycles. The highest BCUT2D eigenvalue weighted by atomic mass is 16.1. The van der Waals surface area contributed by atoms with E-state index < -0.39 is 0 Å². The van der Waals surface area contributed by atoms with Gasteiger partial charge in [-0.3, -0.25) is 9.36 Å². The molecule has 0 fully saturated rings. The molecule has 2 rings (SSSR count). The maximum absolute atomic E-state index is 11.8. The molecule has 94 valence electrons. The van der Waals surface area contributed by atoms with Crippen LogP contribution in [0.1, 0.15) is 25.1 Å². The van der Waals surface area contributed by atoms with Gasteiger partial charge in [0.2, 0.25) is 5.95 Å². The monoisotopic (exact) mass is 243 g/mol. The molecule has 0 saturated carbocycles. The van der Waals surface area contributed by atoms with Crippen LogP contribution in [0.5, 0.6) is 0 Å². The third-order valence-corrected chi connectivity index (χ3v) is 3.31. The van der Waals surface area contributed by atoms with Crippen LogP contribution in [0.25, 0.3) is 0 Å². The lowest BCUT2D eigenvalue weighted by atomic mass is 9.81. The van der Waals surface area contributed by atoms with Gasteiger partial charge < -0.3 is 5.73 Å². The third-order valence-electron chi connectivity index (χ3n) is 3.31. The lowest BCUT2D eigenvalue weighted by molar-refractivity contribution is 0.608. The molecule has 0 saturated heterocycles. The number of nitrogen functional groups attached to an aromatic ring is 1. The molecule has 1 aromatic heterocycles. The Hall–Kier alpha value is -2.10. The third kappa shape index (κ3) is 2.01. The zero-order chi connectivity index (χ0) is 13.3. The van der Waals surface area contributed by atoms with Crippen LogP contribution in [-0.4, -0.2) is 9.55 Å². The summed E-state index contributed by atoms with van der Waals surface area (Å²) in [7, 11) is 1.62. The molecular formula is C14H17N3O. The largest absolute Gasteiger partial charge is 0.369 e. The van der Waals surface area contributed by atoms with Gasteiger partial charge in [0.1, 0.15) is 0 Å². The summed E-state index contributed by atoms with van der Waals surface area (Å²) in [6, 6.07) is 11.5. The molecule has 0 unspecified atom stereocenters. The first-order chi connectivity index (χ1) is 8.43. The van der Waals surface area contributed by atoms with Gasteiger partial charge in [-0.15, -0.1) is 0 Å². The smallest absolute Gasteiger partial charge is 0.254 e. The fourth-order valence-electron chi connectivity index (χ4n) is 1.88. The van der Waals surface area contributed by atoms with Crippen molar-refractivity contribution in [3.63, 3.8) is 0 Å². The molecule has 4 nitrogen and oxygen atoms in total. The Balaban J connectivity index is 2.58. The average molecular weight is 243 g/mol. The summed E-state index contributed by atoms with van der Waals surface area (Å²) in [4.78, 5) is 16.1. The Labute approximate surface area is 106 Å². The molecule has 0 atom stereocenters. The van der Waals surface area contributed by atoms with E-state index in [9.17, 15) is 4.79 Å². The van der Waals surface area contributed by atoms with Crippen LogP contribution in [0.4, 0.5) is 5.95 Å². The van der Waals surface area contributed by atoms with E-state index in [-0.39, 0.29) is 16.9 Å². The van der Waals surface area contributed by atoms with Gasteiger partial charge in [-0.25, -0.2) is 4.98 Å². The van der Waals surface area contributed by atoms with E-state index in [0.29, 0.717) is 5.69 Å². The van der Waals surface area contributed by atoms with E-state index in [0.717, 1.165) is 5.56 Å². The summed E-state index contributed by atoms with van der Waals surface area (Å²) >= 11 is 0. The normalized spacial score (nSPS) is 11.5. The van der Waals surface area contributed by atoms with E-state index in [1.54, 1.807) is 13.1 Å². The van der Waals surface area contributed by atoms with Gasteiger partial charge >= 0.3 is 0 Å². The Morgan fingerprint density at radius 3 is 2.39 bits per heavy atom. The minimum Gasteiger partial charge on any atom is -0.369 e. The van der Waals surface area contributed by atoms with E-state index >= 15 is 0 Å². The Kier molecular flexibility index (Phi) is 2.95. The van der Waals surface area contributed by atoms with E-state index in [4.69, 9.17) is 5.73 Å². The van der Waals surface area contributed by atoms with Crippen molar-refractivity contribution in [1.82, 2.24) is 9.55 Å². The molecule has 0 amide bonds. The van der Waals surface area contributed by atoms with Crippen LogP contribution in [0, 0.1) is 0 Å². The van der Waals surface area contributed by atoms with Gasteiger partial charge in [0.15, 0.2) is 0 Å². The standard InChI is InChI=1S/C14H17N3O/c1-14(2,10-7-5-4-6-8-10)11-9-12(18)17(3)13(15)16-11/h4-9H,1-3H3,(H2,15,16). The zero-order valence-electron chi connectivity index (χ0n) is 10.8. The van der Waals surface area contributed by atoms with Crippen molar-refractivity contribution in [2.45, 2.75) is 19.3 Å². The summed E-state index contributed by atoms with van der Waals surface area (Å²) in [6.45, 7) is 4.06. The van der Waals surface area contributed by atoms with E-state index in [1.165, 1.54) is 4.57 Å². The quantitative estimate of drug-likeness (QED) is 0.873. The summed E-state index contributed by atoms with van der Waals surface area (Å²) in [5.74, 6) is 0.238. The van der Waals surface area contributed by atoms with Gasteiger partial charge in [-0.2, -0.15) is 0 Å². The molecule has 4 heteroatoms. The van der Waals surface area contributed by atoms with Crippen LogP contribution in [0.2, 0.25) is 0 Å². The number of hydrogen-bond donors (Lipinski definition) is 1. The molecule has 2 N–H and O–H groups in total. The summed E-state index contributed by atoms with van der Waals surface area (Å²) in [6.07, 6.45) is 0. The topological polar surface area (TPSA) is 60.9 Å². The molecule has 18 heavy (non-hydrogen) atoms. The van der Waals surface area contributed by atoms with Gasteiger partial charge in [0.05, 0.1) is 5.69 Å². The first kappa shape index (κ1) is 12.4. The first-order valence-corrected chi connectivity index (χ1v) is 5.82. The molecule has 1 aromatic carbocycles. The zero-order valence-corrected chi connectivity index (χ0v) is 10.8. The second kappa shape index (κ2) is 4.29. The van der Waals surface area contributed by atoms with Crippen LogP contribution >= 0.6 is 0 Å². The van der Waals surface area contributed by atoms with Crippen molar-refractivity contribution in [1.29, 1.82) is 0 Å². The lowest BCUT2D eigenvalue weighted by Crippen LogP contribution is -2.28. The molecule has 0 bridgehead atoms. The SMILES string of the molecule is Cn1c(N)nc(C(C)(C)c2ccccc2)cc1=O. The van der Waals surface area contributed by atoms with Gasteiger partial charge in [-0.05, 0) is 5.56 Å². The average Bonchev–Trinajstić information content (AvgIpc) is 2.36. The van der Waals surface area contributed by atoms with E-state index in [1.807, 2.05) is 44.2 Å². The number of hydrogen-bond acceptors (Lipinski definition) is 3. The number of nitrogens with zero attached hydrogens (tertiary/aromatic N) is 2. The van der Waals surface area contributed by atoms with Crippen LogP contribution in [0.3, 0.4) is 0 Å². The maximum Gasteiger partial charge on any atom is 0.254 e. The van der Waals surface area contributed by atoms with Crippen LogP contribution in [-0.2, 0) is 12.5 Å². The molecule has 0 aliphatic heterocycles. The van der Waals surface area contributed by atoms with Crippen molar-refractivity contribution < 1.29 is 0 Å². The number of benzene rings is 1. The molecule has 2 aromatic rings. The van der Waals surface area contributed by atoms with Crippen molar-refractivity contribution >= 4 is 5.95 Å². The Morgan fingerprint density at radius 1 is 1.22 bits per heavy atom. The highest BCUT2D eigenvalue weighted by molar-refractivity contribution is 5.35. The number of aromatic nitrogens is 2. The first-order valence-electron chi connectivity index (χ1n) is 5.82.